The summed E-state index contributed by atoms with van der Waals surface area (Å²) in [5, 5.41) is 6.43. The predicted octanol–water partition coefficient (Wildman–Crippen LogP) is 3.73. The molecule has 30 heavy (non-hydrogen) atoms. The fraction of sp³-hybridized carbons (Fsp3) is 0.440. The monoisotopic (exact) mass is 407 g/mol. The zero-order valence-electron chi connectivity index (χ0n) is 18.3. The van der Waals surface area contributed by atoms with Crippen LogP contribution in [0.5, 0.6) is 0 Å². The molecule has 160 valence electrons. The molecule has 0 radical (unpaired) electrons. The highest BCUT2D eigenvalue weighted by atomic mass is 16.2. The van der Waals surface area contributed by atoms with Gasteiger partial charge in [-0.25, -0.2) is 0 Å². The van der Waals surface area contributed by atoms with Gasteiger partial charge in [0.1, 0.15) is 0 Å². The van der Waals surface area contributed by atoms with E-state index in [1.54, 1.807) is 0 Å². The molecule has 0 aromatic heterocycles. The Kier molecular flexibility index (Phi) is 7.63. The molecule has 2 amide bonds. The van der Waals surface area contributed by atoms with Crippen LogP contribution in [0.1, 0.15) is 61.9 Å². The number of nitrogens with one attached hydrogen (secondary N) is 2. The number of carbonyl (C=O) groups excluding carboxylic acids is 2. The maximum Gasteiger partial charge on any atom is 0.237 e. The van der Waals surface area contributed by atoms with Crippen LogP contribution in [0.3, 0.4) is 0 Å². The summed E-state index contributed by atoms with van der Waals surface area (Å²) in [7, 11) is 0. The van der Waals surface area contributed by atoms with E-state index >= 15 is 0 Å². The Hall–Kier alpha value is -2.66. The first-order chi connectivity index (χ1) is 14.5. The third kappa shape index (κ3) is 5.70. The van der Waals surface area contributed by atoms with Gasteiger partial charge in [-0.15, -0.1) is 0 Å². The van der Waals surface area contributed by atoms with Crippen molar-refractivity contribution >= 4 is 11.8 Å². The Bertz CT molecular complexity index is 863. The molecule has 0 spiro atoms. The summed E-state index contributed by atoms with van der Waals surface area (Å²) in [4.78, 5) is 26.5. The highest BCUT2D eigenvalue weighted by Gasteiger charge is 2.21. The van der Waals surface area contributed by atoms with Gasteiger partial charge < -0.3 is 15.5 Å². The van der Waals surface area contributed by atoms with E-state index in [0.29, 0.717) is 19.5 Å². The fourth-order valence-corrected chi connectivity index (χ4v) is 3.78. The minimum atomic E-state index is -0.316. The molecule has 1 aliphatic heterocycles. The minimum absolute atomic E-state index is 0.0192. The Balaban J connectivity index is 1.54. The smallest absolute Gasteiger partial charge is 0.237 e. The van der Waals surface area contributed by atoms with Crippen molar-refractivity contribution in [3.63, 3.8) is 0 Å². The molecule has 5 heteroatoms. The largest absolute Gasteiger partial charge is 0.348 e. The molecule has 2 atom stereocenters. The number of hydrogen-bond acceptors (Lipinski definition) is 3. The van der Waals surface area contributed by atoms with E-state index in [-0.39, 0.29) is 23.9 Å². The SMILES string of the molecule is CCc1ccc(C(C)NC(=O)C(C)NCc2ccccc2CN2CCCC2=O)cc1. The fourth-order valence-electron chi connectivity index (χ4n) is 3.78. The number of likely N-dealkylation sites (tertiary alicyclic amines) is 1. The van der Waals surface area contributed by atoms with Crippen molar-refractivity contribution in [2.75, 3.05) is 6.54 Å². The Morgan fingerprint density at radius 2 is 1.77 bits per heavy atom. The van der Waals surface area contributed by atoms with Crippen molar-refractivity contribution < 1.29 is 9.59 Å². The van der Waals surface area contributed by atoms with Crippen molar-refractivity contribution in [1.29, 1.82) is 0 Å². The number of carbonyl (C=O) groups is 2. The van der Waals surface area contributed by atoms with Crippen LogP contribution in [-0.4, -0.2) is 29.3 Å². The maximum atomic E-state index is 12.7. The summed E-state index contributed by atoms with van der Waals surface area (Å²) >= 11 is 0. The van der Waals surface area contributed by atoms with Crippen LogP contribution in [0.15, 0.2) is 48.5 Å². The molecule has 2 N–H and O–H groups in total. The summed E-state index contributed by atoms with van der Waals surface area (Å²) in [5.41, 5.74) is 4.66. The van der Waals surface area contributed by atoms with E-state index in [9.17, 15) is 9.59 Å². The van der Waals surface area contributed by atoms with Crippen LogP contribution < -0.4 is 10.6 Å². The molecule has 2 unspecified atom stereocenters. The van der Waals surface area contributed by atoms with Crippen LogP contribution in [0.25, 0.3) is 0 Å². The predicted molar refractivity (Wildman–Crippen MR) is 120 cm³/mol. The second-order valence-electron chi connectivity index (χ2n) is 8.12. The molecule has 1 fully saturated rings. The maximum absolute atomic E-state index is 12.7. The lowest BCUT2D eigenvalue weighted by atomic mass is 10.0. The second-order valence-corrected chi connectivity index (χ2v) is 8.12. The normalized spacial score (nSPS) is 15.8. The number of hydrogen-bond donors (Lipinski definition) is 2. The number of rotatable bonds is 9. The molecule has 0 saturated carbocycles. The van der Waals surface area contributed by atoms with Gasteiger partial charge in [-0.05, 0) is 48.9 Å². The molecule has 0 aliphatic carbocycles. The molecular formula is C25H33N3O2. The van der Waals surface area contributed by atoms with E-state index in [1.807, 2.05) is 30.9 Å². The van der Waals surface area contributed by atoms with Crippen molar-refractivity contribution in [3.8, 4) is 0 Å². The van der Waals surface area contributed by atoms with Crippen molar-refractivity contribution in [2.45, 2.75) is 65.2 Å². The zero-order valence-corrected chi connectivity index (χ0v) is 18.3. The van der Waals surface area contributed by atoms with Gasteiger partial charge in [0.25, 0.3) is 0 Å². The van der Waals surface area contributed by atoms with Gasteiger partial charge in [-0.3, -0.25) is 9.59 Å². The van der Waals surface area contributed by atoms with Crippen LogP contribution >= 0.6 is 0 Å². The molecule has 2 aromatic rings. The molecule has 0 bridgehead atoms. The third-order valence-electron chi connectivity index (χ3n) is 5.89. The van der Waals surface area contributed by atoms with Gasteiger partial charge in [0.2, 0.25) is 11.8 Å². The molecular weight excluding hydrogens is 374 g/mol. The van der Waals surface area contributed by atoms with Gasteiger partial charge in [-0.1, -0.05) is 55.5 Å². The van der Waals surface area contributed by atoms with Crippen molar-refractivity contribution in [1.82, 2.24) is 15.5 Å². The molecule has 1 saturated heterocycles. The lowest BCUT2D eigenvalue weighted by molar-refractivity contribution is -0.128. The van der Waals surface area contributed by atoms with Crippen LogP contribution in [-0.2, 0) is 29.1 Å². The Morgan fingerprint density at radius 3 is 2.40 bits per heavy atom. The van der Waals surface area contributed by atoms with Gasteiger partial charge in [0.05, 0.1) is 12.1 Å². The molecule has 5 nitrogen and oxygen atoms in total. The van der Waals surface area contributed by atoms with Gasteiger partial charge in [-0.2, -0.15) is 0 Å². The average molecular weight is 408 g/mol. The van der Waals surface area contributed by atoms with Gasteiger partial charge >= 0.3 is 0 Å². The first kappa shape index (κ1) is 22.0. The average Bonchev–Trinajstić information content (AvgIpc) is 3.17. The zero-order chi connectivity index (χ0) is 21.5. The molecule has 3 rings (SSSR count). The number of aryl methyl sites for hydroxylation is 1. The van der Waals surface area contributed by atoms with Crippen LogP contribution in [0.2, 0.25) is 0 Å². The summed E-state index contributed by atoms with van der Waals surface area (Å²) in [5.74, 6) is 0.209. The van der Waals surface area contributed by atoms with Crippen LogP contribution in [0, 0.1) is 0 Å². The summed E-state index contributed by atoms with van der Waals surface area (Å²) in [6.07, 6.45) is 2.60. The summed E-state index contributed by atoms with van der Waals surface area (Å²) in [6, 6.07) is 16.2. The number of amides is 2. The van der Waals surface area contributed by atoms with E-state index < -0.39 is 0 Å². The highest BCUT2D eigenvalue weighted by Crippen LogP contribution is 2.18. The second kappa shape index (κ2) is 10.4. The minimum Gasteiger partial charge on any atom is -0.348 e. The quantitative estimate of drug-likeness (QED) is 0.666. The third-order valence-corrected chi connectivity index (χ3v) is 5.89. The first-order valence-electron chi connectivity index (χ1n) is 10.9. The lowest BCUT2D eigenvalue weighted by Gasteiger charge is -2.21. The van der Waals surface area contributed by atoms with Crippen molar-refractivity contribution in [3.05, 3.63) is 70.8 Å². The van der Waals surface area contributed by atoms with Gasteiger partial charge in [0.15, 0.2) is 0 Å². The summed E-state index contributed by atoms with van der Waals surface area (Å²) in [6.45, 7) is 8.09. The number of nitrogens with zero attached hydrogens (tertiary/aromatic N) is 1. The first-order valence-corrected chi connectivity index (χ1v) is 10.9. The Morgan fingerprint density at radius 1 is 1.07 bits per heavy atom. The number of benzene rings is 2. The lowest BCUT2D eigenvalue weighted by Crippen LogP contribution is -2.42. The van der Waals surface area contributed by atoms with E-state index in [2.05, 4.69) is 54.0 Å². The standard InChI is InChI=1S/C25H33N3O2/c1-4-20-11-13-21(14-12-20)18(2)27-25(30)19(3)26-16-22-8-5-6-9-23(22)17-28-15-7-10-24(28)29/h5-6,8-9,11-14,18-19,26H,4,7,10,15-17H2,1-3H3,(H,27,30). The van der Waals surface area contributed by atoms with Crippen LogP contribution in [0.4, 0.5) is 0 Å². The Labute approximate surface area is 179 Å². The molecule has 1 aliphatic rings. The topological polar surface area (TPSA) is 61.4 Å². The molecule has 2 aromatic carbocycles. The summed E-state index contributed by atoms with van der Waals surface area (Å²) < 4.78 is 0. The highest BCUT2D eigenvalue weighted by molar-refractivity contribution is 5.81. The van der Waals surface area contributed by atoms with Crippen molar-refractivity contribution in [2.24, 2.45) is 0 Å². The molecule has 1 heterocycles. The van der Waals surface area contributed by atoms with Gasteiger partial charge in [0, 0.05) is 26.1 Å². The van der Waals surface area contributed by atoms with E-state index in [4.69, 9.17) is 0 Å². The van der Waals surface area contributed by atoms with E-state index in [0.717, 1.165) is 36.1 Å². The van der Waals surface area contributed by atoms with E-state index in [1.165, 1.54) is 5.56 Å².